The average molecular weight is 292 g/mol. The average Bonchev–Trinajstić information content (AvgIpc) is 2.98. The first-order valence-corrected chi connectivity index (χ1v) is 8.14. The van der Waals surface area contributed by atoms with Crippen molar-refractivity contribution in [2.45, 2.75) is 46.6 Å². The molecular weight excluding hydrogens is 268 g/mol. The van der Waals surface area contributed by atoms with Gasteiger partial charge in [0, 0.05) is 23.7 Å². The Morgan fingerprint density at radius 2 is 1.95 bits per heavy atom. The van der Waals surface area contributed by atoms with Gasteiger partial charge in [-0.25, -0.2) is 4.98 Å². The third-order valence-corrected chi connectivity index (χ3v) is 4.56. The summed E-state index contributed by atoms with van der Waals surface area (Å²) in [6, 6.07) is 0.160. The highest BCUT2D eigenvalue weighted by molar-refractivity contribution is 7.11. The fourth-order valence-electron chi connectivity index (χ4n) is 2.50. The van der Waals surface area contributed by atoms with Crippen LogP contribution in [0.4, 0.5) is 0 Å². The Morgan fingerprint density at radius 1 is 1.25 bits per heavy atom. The van der Waals surface area contributed by atoms with Crippen LogP contribution in [-0.2, 0) is 19.9 Å². The van der Waals surface area contributed by atoms with Crippen LogP contribution in [0, 0.1) is 6.92 Å². The van der Waals surface area contributed by atoms with Gasteiger partial charge in [-0.3, -0.25) is 4.68 Å². The summed E-state index contributed by atoms with van der Waals surface area (Å²) in [5.41, 5.74) is 3.63. The summed E-state index contributed by atoms with van der Waals surface area (Å²) in [5, 5.41) is 9.28. The van der Waals surface area contributed by atoms with Gasteiger partial charge in [-0.15, -0.1) is 11.3 Å². The second-order valence-electron chi connectivity index (χ2n) is 4.96. The number of hydrogen-bond donors (Lipinski definition) is 1. The zero-order valence-corrected chi connectivity index (χ0v) is 13.8. The van der Waals surface area contributed by atoms with Crippen molar-refractivity contribution in [1.82, 2.24) is 20.1 Å². The van der Waals surface area contributed by atoms with E-state index in [9.17, 15) is 0 Å². The maximum absolute atomic E-state index is 4.83. The minimum absolute atomic E-state index is 0.160. The zero-order valence-electron chi connectivity index (χ0n) is 13.0. The van der Waals surface area contributed by atoms with E-state index in [1.54, 1.807) is 11.3 Å². The Labute approximate surface area is 125 Å². The highest BCUT2D eigenvalue weighted by atomic mass is 32.1. The SMILES string of the molecule is CCNC(c1nc(CC)c(C)s1)c1cn(C)nc1CC. The van der Waals surface area contributed by atoms with Crippen molar-refractivity contribution in [1.29, 1.82) is 0 Å². The van der Waals surface area contributed by atoms with E-state index in [2.05, 4.69) is 44.3 Å². The van der Waals surface area contributed by atoms with E-state index in [-0.39, 0.29) is 6.04 Å². The molecule has 110 valence electrons. The Balaban J connectivity index is 2.43. The molecule has 2 aromatic rings. The Morgan fingerprint density at radius 3 is 2.50 bits per heavy atom. The molecule has 0 amide bonds. The lowest BCUT2D eigenvalue weighted by Gasteiger charge is -2.15. The molecule has 5 heteroatoms. The van der Waals surface area contributed by atoms with Crippen LogP contribution in [0.15, 0.2) is 6.20 Å². The predicted octanol–water partition coefficient (Wildman–Crippen LogP) is 3.01. The van der Waals surface area contributed by atoms with E-state index in [4.69, 9.17) is 4.98 Å². The molecule has 0 spiro atoms. The van der Waals surface area contributed by atoms with Gasteiger partial charge in [0.1, 0.15) is 5.01 Å². The lowest BCUT2D eigenvalue weighted by molar-refractivity contribution is 0.620. The second kappa shape index (κ2) is 6.50. The van der Waals surface area contributed by atoms with Crippen LogP contribution in [0.2, 0.25) is 0 Å². The van der Waals surface area contributed by atoms with Crippen LogP contribution >= 0.6 is 11.3 Å². The number of nitrogens with one attached hydrogen (secondary N) is 1. The van der Waals surface area contributed by atoms with Crippen molar-refractivity contribution < 1.29 is 0 Å². The van der Waals surface area contributed by atoms with Gasteiger partial charge in [-0.2, -0.15) is 5.10 Å². The van der Waals surface area contributed by atoms with Gasteiger partial charge >= 0.3 is 0 Å². The van der Waals surface area contributed by atoms with Crippen LogP contribution < -0.4 is 5.32 Å². The van der Waals surface area contributed by atoms with E-state index >= 15 is 0 Å². The van der Waals surface area contributed by atoms with Crippen molar-refractivity contribution in [2.24, 2.45) is 7.05 Å². The van der Waals surface area contributed by atoms with Crippen molar-refractivity contribution in [2.75, 3.05) is 6.54 Å². The van der Waals surface area contributed by atoms with Crippen LogP contribution in [0.3, 0.4) is 0 Å². The van der Waals surface area contributed by atoms with Gasteiger partial charge in [-0.05, 0) is 26.3 Å². The molecule has 0 radical (unpaired) electrons. The van der Waals surface area contributed by atoms with E-state index in [0.29, 0.717) is 0 Å². The quantitative estimate of drug-likeness (QED) is 0.890. The van der Waals surface area contributed by atoms with Gasteiger partial charge in [0.05, 0.1) is 17.4 Å². The summed E-state index contributed by atoms with van der Waals surface area (Å²) in [4.78, 5) is 6.15. The molecular formula is C15H24N4S. The van der Waals surface area contributed by atoms with Crippen molar-refractivity contribution in [3.63, 3.8) is 0 Å². The van der Waals surface area contributed by atoms with Crippen LogP contribution in [-0.4, -0.2) is 21.3 Å². The molecule has 0 aliphatic heterocycles. The van der Waals surface area contributed by atoms with Crippen molar-refractivity contribution >= 4 is 11.3 Å². The summed E-state index contributed by atoms with van der Waals surface area (Å²) in [7, 11) is 1.98. The lowest BCUT2D eigenvalue weighted by Crippen LogP contribution is -2.22. The smallest absolute Gasteiger partial charge is 0.115 e. The maximum Gasteiger partial charge on any atom is 0.115 e. The van der Waals surface area contributed by atoms with Crippen LogP contribution in [0.5, 0.6) is 0 Å². The Bertz CT molecular complexity index is 570. The topological polar surface area (TPSA) is 42.7 Å². The molecule has 1 unspecified atom stereocenters. The van der Waals surface area contributed by atoms with Crippen LogP contribution in [0.25, 0.3) is 0 Å². The lowest BCUT2D eigenvalue weighted by atomic mass is 10.1. The highest BCUT2D eigenvalue weighted by Crippen LogP contribution is 2.30. The van der Waals surface area contributed by atoms with Gasteiger partial charge in [0.25, 0.3) is 0 Å². The number of aromatic nitrogens is 3. The zero-order chi connectivity index (χ0) is 14.7. The van der Waals surface area contributed by atoms with Gasteiger partial charge < -0.3 is 5.32 Å². The number of thiazole rings is 1. The molecule has 20 heavy (non-hydrogen) atoms. The van der Waals surface area contributed by atoms with Crippen molar-refractivity contribution in [3.8, 4) is 0 Å². The number of nitrogens with zero attached hydrogens (tertiary/aromatic N) is 3. The van der Waals surface area contributed by atoms with Crippen molar-refractivity contribution in [3.05, 3.63) is 33.0 Å². The van der Waals surface area contributed by atoms with Gasteiger partial charge in [0.15, 0.2) is 0 Å². The molecule has 0 aliphatic rings. The molecule has 2 rings (SSSR count). The molecule has 1 N–H and O–H groups in total. The first-order chi connectivity index (χ1) is 9.60. The molecule has 0 aliphatic carbocycles. The molecule has 0 aromatic carbocycles. The minimum Gasteiger partial charge on any atom is -0.304 e. The number of hydrogen-bond acceptors (Lipinski definition) is 4. The molecule has 2 heterocycles. The fourth-order valence-corrected chi connectivity index (χ4v) is 3.61. The monoisotopic (exact) mass is 292 g/mol. The normalized spacial score (nSPS) is 12.8. The van der Waals surface area contributed by atoms with Crippen LogP contribution in [0.1, 0.15) is 53.6 Å². The fraction of sp³-hybridized carbons (Fsp3) is 0.600. The molecule has 4 nitrogen and oxygen atoms in total. The Hall–Kier alpha value is -1.20. The summed E-state index contributed by atoms with van der Waals surface area (Å²) < 4.78 is 1.90. The van der Waals surface area contributed by atoms with E-state index in [1.165, 1.54) is 16.1 Å². The number of aryl methyl sites for hydroxylation is 4. The standard InChI is InChI=1S/C15H24N4S/c1-6-12-10(4)20-15(17-12)14(16-8-3)11-9-19(5)18-13(11)7-2/h9,14,16H,6-8H2,1-5H3. The second-order valence-corrected chi connectivity index (χ2v) is 6.19. The summed E-state index contributed by atoms with van der Waals surface area (Å²) in [5.74, 6) is 0. The molecule has 0 saturated heterocycles. The van der Waals surface area contributed by atoms with E-state index in [1.807, 2.05) is 11.7 Å². The highest BCUT2D eigenvalue weighted by Gasteiger charge is 2.22. The van der Waals surface area contributed by atoms with E-state index in [0.717, 1.165) is 30.1 Å². The van der Waals surface area contributed by atoms with Gasteiger partial charge in [0.2, 0.25) is 0 Å². The molecule has 1 atom stereocenters. The summed E-state index contributed by atoms with van der Waals surface area (Å²) >= 11 is 1.80. The molecule has 2 aromatic heterocycles. The molecule has 0 fully saturated rings. The largest absolute Gasteiger partial charge is 0.304 e. The molecule has 0 bridgehead atoms. The first kappa shape index (κ1) is 15.2. The first-order valence-electron chi connectivity index (χ1n) is 7.32. The third kappa shape index (κ3) is 2.94. The maximum atomic E-state index is 4.83. The van der Waals surface area contributed by atoms with E-state index < -0.39 is 0 Å². The Kier molecular flexibility index (Phi) is 4.94. The van der Waals surface area contributed by atoms with Gasteiger partial charge in [-0.1, -0.05) is 20.8 Å². The predicted molar refractivity (Wildman–Crippen MR) is 84.3 cm³/mol. The number of rotatable bonds is 6. The minimum atomic E-state index is 0.160. The third-order valence-electron chi connectivity index (χ3n) is 3.48. The summed E-state index contributed by atoms with van der Waals surface area (Å²) in [6.07, 6.45) is 4.06. The summed E-state index contributed by atoms with van der Waals surface area (Å²) in [6.45, 7) is 9.53. The molecule has 0 saturated carbocycles.